The third-order valence-corrected chi connectivity index (χ3v) is 4.34. The summed E-state index contributed by atoms with van der Waals surface area (Å²) in [7, 11) is 0. The van der Waals surface area contributed by atoms with Crippen molar-refractivity contribution in [2.24, 2.45) is 5.92 Å². The molecule has 1 unspecified atom stereocenters. The molecule has 0 aliphatic carbocycles. The molecule has 0 saturated carbocycles. The number of rotatable bonds is 5. The van der Waals surface area contributed by atoms with Gasteiger partial charge in [0.25, 0.3) is 5.91 Å². The van der Waals surface area contributed by atoms with E-state index in [0.29, 0.717) is 22.9 Å². The third-order valence-electron chi connectivity index (χ3n) is 4.08. The van der Waals surface area contributed by atoms with Gasteiger partial charge in [0.1, 0.15) is 6.04 Å². The third kappa shape index (κ3) is 5.24. The minimum absolute atomic E-state index is 0.0423. The Hall–Kier alpha value is -1.55. The maximum absolute atomic E-state index is 12.7. The Balaban J connectivity index is 2.06. The molecule has 126 valence electrons. The van der Waals surface area contributed by atoms with Gasteiger partial charge in [-0.25, -0.2) is 0 Å². The molecule has 1 aliphatic heterocycles. The Morgan fingerprint density at radius 3 is 2.30 bits per heavy atom. The van der Waals surface area contributed by atoms with Gasteiger partial charge in [0.15, 0.2) is 0 Å². The molecule has 1 aromatic carbocycles. The second kappa shape index (κ2) is 8.34. The molecule has 0 spiro atoms. The number of piperidine rings is 1. The summed E-state index contributed by atoms with van der Waals surface area (Å²) < 4.78 is 0. The van der Waals surface area contributed by atoms with Crippen LogP contribution in [0.1, 0.15) is 49.9 Å². The van der Waals surface area contributed by atoms with Crippen LogP contribution in [0.25, 0.3) is 0 Å². The molecule has 4 nitrogen and oxygen atoms in total. The number of hydrogen-bond acceptors (Lipinski definition) is 2. The molecular weight excluding hydrogens is 312 g/mol. The van der Waals surface area contributed by atoms with Crippen molar-refractivity contribution in [2.45, 2.75) is 45.6 Å². The van der Waals surface area contributed by atoms with Crippen molar-refractivity contribution in [3.8, 4) is 0 Å². The zero-order chi connectivity index (χ0) is 16.8. The van der Waals surface area contributed by atoms with Crippen molar-refractivity contribution in [1.29, 1.82) is 0 Å². The topological polar surface area (TPSA) is 49.4 Å². The van der Waals surface area contributed by atoms with Crippen LogP contribution in [0.2, 0.25) is 5.02 Å². The molecule has 23 heavy (non-hydrogen) atoms. The molecule has 5 heteroatoms. The van der Waals surface area contributed by atoms with Crippen molar-refractivity contribution in [3.05, 3.63) is 34.9 Å². The van der Waals surface area contributed by atoms with Gasteiger partial charge in [-0.15, -0.1) is 0 Å². The first kappa shape index (κ1) is 17.8. The molecule has 1 N–H and O–H groups in total. The molecule has 1 atom stereocenters. The minimum atomic E-state index is -0.462. The highest BCUT2D eigenvalue weighted by atomic mass is 35.5. The first-order valence-electron chi connectivity index (χ1n) is 8.32. The van der Waals surface area contributed by atoms with Gasteiger partial charge in [-0.1, -0.05) is 25.4 Å². The van der Waals surface area contributed by atoms with Crippen molar-refractivity contribution < 1.29 is 9.59 Å². The van der Waals surface area contributed by atoms with Crippen LogP contribution in [0.15, 0.2) is 24.3 Å². The predicted octanol–water partition coefficient (Wildman–Crippen LogP) is 3.50. The predicted molar refractivity (Wildman–Crippen MR) is 92.6 cm³/mol. The number of benzene rings is 1. The monoisotopic (exact) mass is 336 g/mol. The fourth-order valence-corrected chi connectivity index (χ4v) is 3.00. The van der Waals surface area contributed by atoms with E-state index < -0.39 is 6.04 Å². The van der Waals surface area contributed by atoms with Gasteiger partial charge in [0, 0.05) is 23.7 Å². The van der Waals surface area contributed by atoms with Crippen LogP contribution in [-0.4, -0.2) is 35.8 Å². The molecule has 0 bridgehead atoms. The smallest absolute Gasteiger partial charge is 0.251 e. The standard InChI is InChI=1S/C18H25ClN2O2/c1-13(2)12-16(18(23)21-10-4-3-5-11-21)20-17(22)14-6-8-15(19)9-7-14/h6-9,13,16H,3-5,10-12H2,1-2H3,(H,20,22). The number of halogens is 1. The zero-order valence-electron chi connectivity index (χ0n) is 13.8. The molecule has 0 aromatic heterocycles. The second-order valence-corrected chi connectivity index (χ2v) is 6.98. The largest absolute Gasteiger partial charge is 0.341 e. The van der Waals surface area contributed by atoms with Crippen LogP contribution in [0.4, 0.5) is 0 Å². The highest BCUT2D eigenvalue weighted by Crippen LogP contribution is 2.15. The summed E-state index contributed by atoms with van der Waals surface area (Å²) in [5, 5.41) is 3.50. The van der Waals surface area contributed by atoms with Crippen LogP contribution in [0.3, 0.4) is 0 Å². The zero-order valence-corrected chi connectivity index (χ0v) is 14.6. The lowest BCUT2D eigenvalue weighted by molar-refractivity contribution is -0.134. The molecule has 1 heterocycles. The van der Waals surface area contributed by atoms with Gasteiger partial charge in [-0.05, 0) is 55.9 Å². The summed E-state index contributed by atoms with van der Waals surface area (Å²) in [6, 6.07) is 6.25. The van der Waals surface area contributed by atoms with E-state index in [0.717, 1.165) is 25.9 Å². The number of nitrogens with one attached hydrogen (secondary N) is 1. The normalized spacial score (nSPS) is 16.3. The fourth-order valence-electron chi connectivity index (χ4n) is 2.87. The Morgan fingerprint density at radius 1 is 1.13 bits per heavy atom. The van der Waals surface area contributed by atoms with Crippen LogP contribution >= 0.6 is 11.6 Å². The van der Waals surface area contributed by atoms with Crippen LogP contribution < -0.4 is 5.32 Å². The highest BCUT2D eigenvalue weighted by Gasteiger charge is 2.27. The summed E-state index contributed by atoms with van der Waals surface area (Å²) in [5.41, 5.74) is 0.523. The van der Waals surface area contributed by atoms with E-state index in [9.17, 15) is 9.59 Å². The molecule has 1 aliphatic rings. The van der Waals surface area contributed by atoms with Crippen molar-refractivity contribution in [2.75, 3.05) is 13.1 Å². The van der Waals surface area contributed by atoms with E-state index in [2.05, 4.69) is 19.2 Å². The molecule has 1 saturated heterocycles. The Labute approximate surface area is 143 Å². The van der Waals surface area contributed by atoms with Crippen LogP contribution in [0, 0.1) is 5.92 Å². The summed E-state index contributed by atoms with van der Waals surface area (Å²) in [6.45, 7) is 5.71. The van der Waals surface area contributed by atoms with E-state index in [1.165, 1.54) is 6.42 Å². The lowest BCUT2D eigenvalue weighted by atomic mass is 10.0. The van der Waals surface area contributed by atoms with Crippen molar-refractivity contribution in [1.82, 2.24) is 10.2 Å². The Bertz CT molecular complexity index is 536. The van der Waals surface area contributed by atoms with Gasteiger partial charge in [0.2, 0.25) is 5.91 Å². The van der Waals surface area contributed by atoms with Gasteiger partial charge in [-0.2, -0.15) is 0 Å². The van der Waals surface area contributed by atoms with E-state index >= 15 is 0 Å². The average Bonchev–Trinajstić information content (AvgIpc) is 2.54. The summed E-state index contributed by atoms with van der Waals surface area (Å²) in [4.78, 5) is 27.0. The molecular formula is C18H25ClN2O2. The summed E-state index contributed by atoms with van der Waals surface area (Å²) in [5.74, 6) is 0.151. The average molecular weight is 337 g/mol. The number of carbonyl (C=O) groups excluding carboxylic acids is 2. The van der Waals surface area contributed by atoms with E-state index in [1.54, 1.807) is 24.3 Å². The maximum Gasteiger partial charge on any atom is 0.251 e. The number of carbonyl (C=O) groups is 2. The minimum Gasteiger partial charge on any atom is -0.341 e. The summed E-state index contributed by atoms with van der Waals surface area (Å²) in [6.07, 6.45) is 3.92. The Morgan fingerprint density at radius 2 is 1.74 bits per heavy atom. The van der Waals surface area contributed by atoms with Gasteiger partial charge in [0.05, 0.1) is 0 Å². The number of amides is 2. The molecule has 1 aromatic rings. The van der Waals surface area contributed by atoms with Gasteiger partial charge >= 0.3 is 0 Å². The van der Waals surface area contributed by atoms with E-state index in [1.807, 2.05) is 4.90 Å². The first-order valence-corrected chi connectivity index (χ1v) is 8.70. The van der Waals surface area contributed by atoms with Crippen LogP contribution in [0.5, 0.6) is 0 Å². The van der Waals surface area contributed by atoms with Gasteiger partial charge < -0.3 is 10.2 Å². The molecule has 0 radical (unpaired) electrons. The SMILES string of the molecule is CC(C)CC(NC(=O)c1ccc(Cl)cc1)C(=O)N1CCCCC1. The van der Waals surface area contributed by atoms with Gasteiger partial charge in [-0.3, -0.25) is 9.59 Å². The summed E-state index contributed by atoms with van der Waals surface area (Å²) >= 11 is 5.85. The van der Waals surface area contributed by atoms with Crippen molar-refractivity contribution >= 4 is 23.4 Å². The Kier molecular flexibility index (Phi) is 6.46. The number of nitrogens with zero attached hydrogens (tertiary/aromatic N) is 1. The number of likely N-dealkylation sites (tertiary alicyclic amines) is 1. The van der Waals surface area contributed by atoms with Crippen molar-refractivity contribution in [3.63, 3.8) is 0 Å². The number of hydrogen-bond donors (Lipinski definition) is 1. The quantitative estimate of drug-likeness (QED) is 0.894. The van der Waals surface area contributed by atoms with Crippen LogP contribution in [-0.2, 0) is 4.79 Å². The molecule has 1 fully saturated rings. The molecule has 2 amide bonds. The fraction of sp³-hybridized carbons (Fsp3) is 0.556. The molecule has 2 rings (SSSR count). The van der Waals surface area contributed by atoms with E-state index in [-0.39, 0.29) is 11.8 Å². The lowest BCUT2D eigenvalue weighted by Gasteiger charge is -2.31. The second-order valence-electron chi connectivity index (χ2n) is 6.55. The lowest BCUT2D eigenvalue weighted by Crippen LogP contribution is -2.50. The van der Waals surface area contributed by atoms with E-state index in [4.69, 9.17) is 11.6 Å². The highest BCUT2D eigenvalue weighted by molar-refractivity contribution is 6.30. The first-order chi connectivity index (χ1) is 11.0. The maximum atomic E-state index is 12.7.